The van der Waals surface area contributed by atoms with Crippen molar-refractivity contribution in [1.29, 1.82) is 0 Å². The molecule has 8 heteroatoms. The third-order valence-corrected chi connectivity index (χ3v) is 6.00. The van der Waals surface area contributed by atoms with Crippen LogP contribution in [0.15, 0.2) is 58.9 Å². The number of hydrogen-bond acceptors (Lipinski definition) is 5. The van der Waals surface area contributed by atoms with E-state index in [9.17, 15) is 4.79 Å². The molecule has 0 radical (unpaired) electrons. The number of amides is 1. The van der Waals surface area contributed by atoms with Crippen LogP contribution in [0.25, 0.3) is 5.69 Å². The van der Waals surface area contributed by atoms with Crippen molar-refractivity contribution in [3.05, 3.63) is 62.1 Å². The van der Waals surface area contributed by atoms with Crippen LogP contribution in [0.3, 0.4) is 0 Å². The third kappa shape index (κ3) is 4.65. The van der Waals surface area contributed by atoms with Gasteiger partial charge in [-0.3, -0.25) is 4.79 Å². The summed E-state index contributed by atoms with van der Waals surface area (Å²) in [6, 6.07) is 17.4. The van der Waals surface area contributed by atoms with Crippen LogP contribution in [0.5, 0.6) is 0 Å². The van der Waals surface area contributed by atoms with Gasteiger partial charge in [0.15, 0.2) is 8.29 Å². The molecule has 1 amide bonds. The van der Waals surface area contributed by atoms with Gasteiger partial charge in [0.2, 0.25) is 5.91 Å². The molecular weight excluding hydrogens is 473 g/mol. The first-order valence-corrected chi connectivity index (χ1v) is 10.2. The minimum atomic E-state index is -0.0608. The maximum absolute atomic E-state index is 12.1. The van der Waals surface area contributed by atoms with E-state index in [1.54, 1.807) is 4.68 Å². The lowest BCUT2D eigenvalue weighted by atomic mass is 10.3. The molecule has 4 nitrogen and oxygen atoms in total. The van der Waals surface area contributed by atoms with E-state index in [-0.39, 0.29) is 5.91 Å². The predicted octanol–water partition coefficient (Wildman–Crippen LogP) is 5.00. The summed E-state index contributed by atoms with van der Waals surface area (Å²) in [6.45, 7) is 0. The second-order valence-electron chi connectivity index (χ2n) is 4.73. The molecule has 3 rings (SSSR count). The minimum Gasteiger partial charge on any atom is -0.325 e. The van der Waals surface area contributed by atoms with E-state index in [2.05, 4.69) is 33.0 Å². The first-order chi connectivity index (χ1) is 11.6. The summed E-state index contributed by atoms with van der Waals surface area (Å²) in [5.74, 6) is 0.233. The molecule has 0 aliphatic heterocycles. The van der Waals surface area contributed by atoms with E-state index >= 15 is 0 Å². The number of para-hydroxylation sites is 1. The van der Waals surface area contributed by atoms with Crippen molar-refractivity contribution in [2.45, 2.75) is 4.34 Å². The number of nitrogens with one attached hydrogen (secondary N) is 1. The van der Waals surface area contributed by atoms with Gasteiger partial charge in [0.05, 0.1) is 11.4 Å². The van der Waals surface area contributed by atoms with Gasteiger partial charge in [-0.2, -0.15) is 0 Å². The molecule has 0 saturated heterocycles. The quantitative estimate of drug-likeness (QED) is 0.314. The van der Waals surface area contributed by atoms with Crippen LogP contribution in [-0.4, -0.2) is 21.4 Å². The molecule has 2 aromatic carbocycles. The van der Waals surface area contributed by atoms with Gasteiger partial charge >= 0.3 is 0 Å². The number of halogens is 1. The van der Waals surface area contributed by atoms with Gasteiger partial charge in [-0.25, -0.2) is 4.68 Å². The average Bonchev–Trinajstić information content (AvgIpc) is 2.95. The Morgan fingerprint density at radius 2 is 2.04 bits per heavy atom. The fraction of sp³-hybridized carbons (Fsp3) is 0.0625. The average molecular weight is 485 g/mol. The predicted molar refractivity (Wildman–Crippen MR) is 111 cm³/mol. The highest BCUT2D eigenvalue weighted by molar-refractivity contribution is 14.1. The largest absolute Gasteiger partial charge is 0.325 e. The minimum absolute atomic E-state index is 0.0608. The molecule has 0 unspecified atom stereocenters. The summed E-state index contributed by atoms with van der Waals surface area (Å²) in [7, 11) is 0. The van der Waals surface area contributed by atoms with Crippen LogP contribution in [0.2, 0.25) is 0 Å². The molecule has 1 heterocycles. The number of thioether (sulfide) groups is 1. The van der Waals surface area contributed by atoms with Crippen LogP contribution in [0.4, 0.5) is 5.69 Å². The summed E-state index contributed by atoms with van der Waals surface area (Å²) in [4.78, 5) is 12.1. The number of rotatable bonds is 5. The first kappa shape index (κ1) is 17.6. The molecule has 24 heavy (non-hydrogen) atoms. The monoisotopic (exact) mass is 485 g/mol. The van der Waals surface area contributed by atoms with E-state index in [4.69, 9.17) is 12.2 Å². The number of aromatic nitrogens is 2. The van der Waals surface area contributed by atoms with Crippen molar-refractivity contribution in [1.82, 2.24) is 9.78 Å². The topological polar surface area (TPSA) is 46.9 Å². The second kappa shape index (κ2) is 8.24. The fourth-order valence-corrected chi connectivity index (χ4v) is 4.65. The zero-order valence-corrected chi connectivity index (χ0v) is 16.9. The van der Waals surface area contributed by atoms with Crippen molar-refractivity contribution in [3.63, 3.8) is 0 Å². The van der Waals surface area contributed by atoms with Gasteiger partial charge in [-0.15, -0.1) is 5.10 Å². The lowest BCUT2D eigenvalue weighted by Crippen LogP contribution is -2.14. The van der Waals surface area contributed by atoms with E-state index in [1.807, 2.05) is 54.6 Å². The highest BCUT2D eigenvalue weighted by Crippen LogP contribution is 2.24. The summed E-state index contributed by atoms with van der Waals surface area (Å²) >= 11 is 10.4. The number of benzene rings is 2. The van der Waals surface area contributed by atoms with Crippen molar-refractivity contribution in [2.75, 3.05) is 11.1 Å². The lowest BCUT2D eigenvalue weighted by Gasteiger charge is -2.04. The van der Waals surface area contributed by atoms with Crippen molar-refractivity contribution < 1.29 is 4.79 Å². The summed E-state index contributed by atoms with van der Waals surface area (Å²) < 4.78 is 4.25. The van der Waals surface area contributed by atoms with E-state index < -0.39 is 0 Å². The van der Waals surface area contributed by atoms with Crippen LogP contribution >= 0.6 is 57.9 Å². The number of carbonyl (C=O) groups is 1. The molecule has 0 atom stereocenters. The van der Waals surface area contributed by atoms with E-state index in [0.717, 1.165) is 19.3 Å². The molecule has 0 bridgehead atoms. The Morgan fingerprint density at radius 3 is 2.79 bits per heavy atom. The van der Waals surface area contributed by atoms with Crippen LogP contribution < -0.4 is 5.32 Å². The molecule has 122 valence electrons. The Morgan fingerprint density at radius 1 is 1.25 bits per heavy atom. The molecule has 3 aromatic rings. The molecule has 0 aliphatic carbocycles. The number of carbonyl (C=O) groups excluding carboxylic acids is 1. The van der Waals surface area contributed by atoms with Gasteiger partial charge in [-0.05, 0) is 65.1 Å². The van der Waals surface area contributed by atoms with Gasteiger partial charge < -0.3 is 5.32 Å². The van der Waals surface area contributed by atoms with Gasteiger partial charge in [-0.1, -0.05) is 47.4 Å². The molecule has 0 fully saturated rings. The molecule has 0 aliphatic rings. The van der Waals surface area contributed by atoms with Crippen LogP contribution in [0, 0.1) is 7.52 Å². The highest BCUT2D eigenvalue weighted by atomic mass is 127. The first-order valence-electron chi connectivity index (χ1n) is 6.95. The number of anilines is 1. The molecule has 0 spiro atoms. The van der Waals surface area contributed by atoms with E-state index in [0.29, 0.717) is 9.71 Å². The molecular formula is C16H12IN3OS3. The van der Waals surface area contributed by atoms with Crippen LogP contribution in [-0.2, 0) is 4.79 Å². The Balaban J connectivity index is 1.63. The zero-order valence-electron chi connectivity index (χ0n) is 12.3. The third-order valence-electron chi connectivity index (χ3n) is 2.97. The smallest absolute Gasteiger partial charge is 0.234 e. The van der Waals surface area contributed by atoms with E-state index in [1.165, 1.54) is 23.1 Å². The summed E-state index contributed by atoms with van der Waals surface area (Å²) in [5.41, 5.74) is 1.73. The second-order valence-corrected chi connectivity index (χ2v) is 8.82. The number of nitrogens with zero attached hydrogens (tertiary/aromatic N) is 2. The maximum Gasteiger partial charge on any atom is 0.234 e. The standard InChI is InChI=1S/C16H12IN3OS3/c17-11-5-4-6-12(9-11)18-14(21)10-23-15-19-20(16(22)24-15)13-7-2-1-3-8-13/h1-9H,10H2,(H,18,21). The van der Waals surface area contributed by atoms with Gasteiger partial charge in [0, 0.05) is 9.26 Å². The number of hydrogen-bond donors (Lipinski definition) is 1. The maximum atomic E-state index is 12.1. The van der Waals surface area contributed by atoms with Crippen molar-refractivity contribution in [2.24, 2.45) is 0 Å². The Labute approximate surface area is 166 Å². The Bertz CT molecular complexity index is 908. The fourth-order valence-electron chi connectivity index (χ4n) is 1.94. The zero-order chi connectivity index (χ0) is 16.9. The Kier molecular flexibility index (Phi) is 6.04. The lowest BCUT2D eigenvalue weighted by molar-refractivity contribution is -0.113. The normalized spacial score (nSPS) is 10.5. The van der Waals surface area contributed by atoms with Crippen molar-refractivity contribution >= 4 is 69.5 Å². The summed E-state index contributed by atoms with van der Waals surface area (Å²) in [5, 5.41) is 7.37. The van der Waals surface area contributed by atoms with Crippen LogP contribution in [0.1, 0.15) is 0 Å². The highest BCUT2D eigenvalue weighted by Gasteiger charge is 2.09. The SMILES string of the molecule is O=C(CSc1nn(-c2ccccc2)c(=S)s1)Nc1cccc(I)c1. The molecule has 1 aromatic heterocycles. The van der Waals surface area contributed by atoms with Gasteiger partial charge in [0.25, 0.3) is 0 Å². The van der Waals surface area contributed by atoms with Crippen molar-refractivity contribution in [3.8, 4) is 5.69 Å². The Hall–Kier alpha value is -1.23. The van der Waals surface area contributed by atoms with Gasteiger partial charge in [0.1, 0.15) is 0 Å². The molecule has 0 saturated carbocycles. The summed E-state index contributed by atoms with van der Waals surface area (Å²) in [6.07, 6.45) is 0. The molecule has 1 N–H and O–H groups in total.